The molecule has 1 aromatic carbocycles. The highest BCUT2D eigenvalue weighted by Gasteiger charge is 2.10. The minimum absolute atomic E-state index is 0.0513. The lowest BCUT2D eigenvalue weighted by molar-refractivity contribution is 0.108. The fourth-order valence-corrected chi connectivity index (χ4v) is 1.64. The molecule has 0 radical (unpaired) electrons. The van der Waals surface area contributed by atoms with Gasteiger partial charge in [-0.25, -0.2) is 4.98 Å². The average Bonchev–Trinajstić information content (AvgIpc) is 2.19. The van der Waals surface area contributed by atoms with Crippen molar-refractivity contribution in [2.24, 2.45) is 0 Å². The number of aromatic nitrogens is 1. The van der Waals surface area contributed by atoms with Crippen molar-refractivity contribution in [1.29, 1.82) is 0 Å². The van der Waals surface area contributed by atoms with Gasteiger partial charge in [0, 0.05) is 16.6 Å². The smallest absolute Gasteiger partial charge is 0.253 e. The van der Waals surface area contributed by atoms with Gasteiger partial charge < -0.3 is 5.11 Å². The molecule has 0 fully saturated rings. The minimum atomic E-state index is -0.550. The summed E-state index contributed by atoms with van der Waals surface area (Å²) in [4.78, 5) is 15.3. The highest BCUT2D eigenvalue weighted by atomic mass is 35.5. The van der Waals surface area contributed by atoms with Gasteiger partial charge in [0.05, 0.1) is 0 Å². The van der Waals surface area contributed by atoms with Gasteiger partial charge in [0.2, 0.25) is 0 Å². The Bertz CT molecular complexity index is 552. The third-order valence-electron chi connectivity index (χ3n) is 2.19. The van der Waals surface area contributed by atoms with Crippen LogP contribution in [0.4, 0.5) is 0 Å². The number of phenolic OH excluding ortho intramolecular Hbond substituents is 1. The number of rotatable bonds is 1. The van der Waals surface area contributed by atoms with Crippen LogP contribution in [0.5, 0.6) is 5.75 Å². The van der Waals surface area contributed by atoms with Crippen molar-refractivity contribution in [1.82, 2.24) is 4.98 Å². The molecular weight excluding hydrogens is 214 g/mol. The lowest BCUT2D eigenvalue weighted by Crippen LogP contribution is -1.93. The Morgan fingerprint density at radius 3 is 2.73 bits per heavy atom. The molecule has 0 bridgehead atoms. The van der Waals surface area contributed by atoms with Gasteiger partial charge in [0.25, 0.3) is 5.24 Å². The third-order valence-corrected chi connectivity index (χ3v) is 2.39. The zero-order valence-corrected chi connectivity index (χ0v) is 8.75. The van der Waals surface area contributed by atoms with Gasteiger partial charge in [0.15, 0.2) is 0 Å². The number of fused-ring (bicyclic) bond motifs is 1. The summed E-state index contributed by atoms with van der Waals surface area (Å²) in [5.41, 5.74) is 1.54. The number of phenols is 1. The van der Waals surface area contributed by atoms with E-state index in [4.69, 9.17) is 11.6 Å². The van der Waals surface area contributed by atoms with Gasteiger partial charge in [-0.15, -0.1) is 0 Å². The maximum atomic E-state index is 11.1. The van der Waals surface area contributed by atoms with Crippen LogP contribution in [0.25, 0.3) is 10.9 Å². The molecule has 2 rings (SSSR count). The summed E-state index contributed by atoms with van der Waals surface area (Å²) in [6, 6.07) is 6.41. The van der Waals surface area contributed by atoms with Crippen molar-refractivity contribution in [2.45, 2.75) is 6.92 Å². The number of aryl methyl sites for hydroxylation is 1. The summed E-state index contributed by atoms with van der Waals surface area (Å²) in [7, 11) is 0. The molecule has 0 saturated heterocycles. The number of hydrogen-bond donors (Lipinski definition) is 1. The third kappa shape index (κ3) is 1.66. The second-order valence-corrected chi connectivity index (χ2v) is 3.60. The number of aromatic hydroxyl groups is 1. The van der Waals surface area contributed by atoms with E-state index in [2.05, 4.69) is 4.98 Å². The molecule has 4 heteroatoms. The number of halogens is 1. The maximum absolute atomic E-state index is 11.1. The molecule has 0 aliphatic heterocycles. The van der Waals surface area contributed by atoms with E-state index in [1.165, 1.54) is 12.1 Å². The van der Waals surface area contributed by atoms with Gasteiger partial charge in [-0.05, 0) is 36.7 Å². The van der Waals surface area contributed by atoms with E-state index in [1.54, 1.807) is 12.1 Å². The highest BCUT2D eigenvalue weighted by molar-refractivity contribution is 6.68. The first-order valence-electron chi connectivity index (χ1n) is 4.39. The molecule has 0 atom stereocenters. The summed E-state index contributed by atoms with van der Waals surface area (Å²) >= 11 is 5.43. The standard InChI is InChI=1S/C11H8ClNO2/c1-6-2-3-7-8(11(12)15)4-5-9(14)10(7)13-6/h2-5,14H,1H3. The zero-order chi connectivity index (χ0) is 11.0. The summed E-state index contributed by atoms with van der Waals surface area (Å²) < 4.78 is 0. The van der Waals surface area contributed by atoms with Crippen molar-refractivity contribution in [3.8, 4) is 5.75 Å². The van der Waals surface area contributed by atoms with Gasteiger partial charge >= 0.3 is 0 Å². The minimum Gasteiger partial charge on any atom is -0.506 e. The first-order chi connectivity index (χ1) is 7.09. The zero-order valence-electron chi connectivity index (χ0n) is 7.99. The first-order valence-corrected chi connectivity index (χ1v) is 4.76. The molecular formula is C11H8ClNO2. The van der Waals surface area contributed by atoms with Crippen LogP contribution in [0.3, 0.4) is 0 Å². The van der Waals surface area contributed by atoms with Gasteiger partial charge in [-0.3, -0.25) is 4.79 Å². The Hall–Kier alpha value is -1.61. The van der Waals surface area contributed by atoms with Crippen LogP contribution in [-0.2, 0) is 0 Å². The fourth-order valence-electron chi connectivity index (χ4n) is 1.47. The summed E-state index contributed by atoms with van der Waals surface area (Å²) in [6.45, 7) is 1.81. The second-order valence-electron chi connectivity index (χ2n) is 3.25. The summed E-state index contributed by atoms with van der Waals surface area (Å²) in [5.74, 6) is 0.0513. The van der Waals surface area contributed by atoms with Gasteiger partial charge in [-0.2, -0.15) is 0 Å². The molecule has 3 nitrogen and oxygen atoms in total. The molecule has 0 unspecified atom stereocenters. The normalized spacial score (nSPS) is 10.5. The molecule has 1 N–H and O–H groups in total. The Morgan fingerprint density at radius 1 is 1.33 bits per heavy atom. The lowest BCUT2D eigenvalue weighted by Gasteiger charge is -2.04. The first kappa shape index (κ1) is 9.93. The van der Waals surface area contributed by atoms with Crippen LogP contribution in [-0.4, -0.2) is 15.3 Å². The number of benzene rings is 1. The Morgan fingerprint density at radius 2 is 2.07 bits per heavy atom. The Balaban J connectivity index is 2.88. The van der Waals surface area contributed by atoms with Crippen molar-refractivity contribution < 1.29 is 9.90 Å². The van der Waals surface area contributed by atoms with Gasteiger partial charge in [0.1, 0.15) is 11.3 Å². The molecule has 2 aromatic rings. The van der Waals surface area contributed by atoms with Gasteiger partial charge in [-0.1, -0.05) is 6.07 Å². The number of nitrogens with zero attached hydrogens (tertiary/aromatic N) is 1. The lowest BCUT2D eigenvalue weighted by atomic mass is 10.1. The monoisotopic (exact) mass is 221 g/mol. The summed E-state index contributed by atoms with van der Waals surface area (Å²) in [6.07, 6.45) is 0. The fraction of sp³-hybridized carbons (Fsp3) is 0.0909. The Kier molecular flexibility index (Phi) is 2.32. The maximum Gasteiger partial charge on any atom is 0.253 e. The molecule has 1 heterocycles. The average molecular weight is 222 g/mol. The number of pyridine rings is 1. The van der Waals surface area contributed by atoms with Crippen LogP contribution in [0.2, 0.25) is 0 Å². The SMILES string of the molecule is Cc1ccc2c(C(=O)Cl)ccc(O)c2n1. The number of hydrogen-bond acceptors (Lipinski definition) is 3. The van der Waals surface area contributed by atoms with E-state index >= 15 is 0 Å². The van der Waals surface area contributed by atoms with E-state index < -0.39 is 5.24 Å². The van der Waals surface area contributed by atoms with E-state index in [0.717, 1.165) is 5.69 Å². The molecule has 0 amide bonds. The molecule has 15 heavy (non-hydrogen) atoms. The van der Waals surface area contributed by atoms with E-state index in [-0.39, 0.29) is 5.75 Å². The van der Waals surface area contributed by atoms with E-state index in [1.807, 2.05) is 6.92 Å². The number of carbonyl (C=O) groups excluding carboxylic acids is 1. The highest BCUT2D eigenvalue weighted by Crippen LogP contribution is 2.27. The van der Waals surface area contributed by atoms with E-state index in [9.17, 15) is 9.90 Å². The predicted molar refractivity (Wildman–Crippen MR) is 58.3 cm³/mol. The topological polar surface area (TPSA) is 50.2 Å². The quantitative estimate of drug-likeness (QED) is 0.754. The van der Waals surface area contributed by atoms with Crippen molar-refractivity contribution in [2.75, 3.05) is 0 Å². The molecule has 0 saturated carbocycles. The summed E-state index contributed by atoms with van der Waals surface area (Å²) in [5, 5.41) is 9.60. The molecule has 0 aliphatic carbocycles. The van der Waals surface area contributed by atoms with Crippen LogP contribution < -0.4 is 0 Å². The van der Waals surface area contributed by atoms with Crippen LogP contribution in [0, 0.1) is 6.92 Å². The molecule has 1 aromatic heterocycles. The van der Waals surface area contributed by atoms with Crippen LogP contribution >= 0.6 is 11.6 Å². The van der Waals surface area contributed by atoms with Crippen LogP contribution in [0.15, 0.2) is 24.3 Å². The Labute approximate surface area is 91.3 Å². The molecule has 0 aliphatic rings. The van der Waals surface area contributed by atoms with Crippen molar-refractivity contribution >= 4 is 27.7 Å². The predicted octanol–water partition coefficient (Wildman–Crippen LogP) is 2.63. The van der Waals surface area contributed by atoms with Crippen LogP contribution in [0.1, 0.15) is 16.1 Å². The molecule has 0 spiro atoms. The molecule has 76 valence electrons. The van der Waals surface area contributed by atoms with Crippen molar-refractivity contribution in [3.63, 3.8) is 0 Å². The largest absolute Gasteiger partial charge is 0.506 e. The van der Waals surface area contributed by atoms with E-state index in [0.29, 0.717) is 16.5 Å². The van der Waals surface area contributed by atoms with Crippen molar-refractivity contribution in [3.05, 3.63) is 35.5 Å². The number of carbonyl (C=O) groups is 1. The second kappa shape index (κ2) is 3.51.